The quantitative estimate of drug-likeness (QED) is 0.242. The Morgan fingerprint density at radius 2 is 1.31 bits per heavy atom. The number of nitro benzene ring substituents is 2. The molecule has 2 N–H and O–H groups in total. The number of aromatic amines is 2. The zero-order valence-corrected chi connectivity index (χ0v) is 18.0. The van der Waals surface area contributed by atoms with E-state index in [1.165, 1.54) is 12.1 Å². The Morgan fingerprint density at radius 1 is 0.812 bits per heavy atom. The number of hydrogen-bond donors (Lipinski definition) is 2. The molecule has 5 aromatic rings. The van der Waals surface area contributed by atoms with Crippen LogP contribution in [0.2, 0.25) is 0 Å². The van der Waals surface area contributed by atoms with Gasteiger partial charge in [0.15, 0.2) is 0 Å². The van der Waals surface area contributed by atoms with Crippen molar-refractivity contribution in [2.45, 2.75) is 19.8 Å². The number of benzene rings is 2. The van der Waals surface area contributed by atoms with Gasteiger partial charge in [0.05, 0.1) is 9.85 Å². The van der Waals surface area contributed by atoms with Crippen molar-refractivity contribution in [3.63, 3.8) is 0 Å². The van der Waals surface area contributed by atoms with Crippen molar-refractivity contribution in [2.24, 2.45) is 0 Å². The van der Waals surface area contributed by atoms with Crippen LogP contribution in [0, 0.1) is 34.1 Å². The highest BCUT2D eigenvalue weighted by Crippen LogP contribution is 2.45. The molecular weight excluding hydrogens is 428 g/mol. The van der Waals surface area contributed by atoms with Crippen LogP contribution in [0.1, 0.15) is 33.3 Å². The predicted octanol–water partition coefficient (Wildman–Crippen LogP) is 6.32. The highest BCUT2D eigenvalue weighted by Gasteiger charge is 2.29. The lowest BCUT2D eigenvalue weighted by molar-refractivity contribution is -0.384. The van der Waals surface area contributed by atoms with Crippen LogP contribution in [0.15, 0.2) is 53.9 Å². The Bertz CT molecular complexity index is 1420. The molecule has 2 aromatic carbocycles. The molecule has 8 nitrogen and oxygen atoms in total. The van der Waals surface area contributed by atoms with E-state index in [0.29, 0.717) is 0 Å². The maximum absolute atomic E-state index is 11.4. The van der Waals surface area contributed by atoms with E-state index < -0.39 is 9.85 Å². The fourth-order valence-electron chi connectivity index (χ4n) is 4.53. The fraction of sp³-hybridized carbons (Fsp3) is 0.130. The summed E-state index contributed by atoms with van der Waals surface area (Å²) in [5.74, 6) is -0.249. The molecule has 32 heavy (non-hydrogen) atoms. The lowest BCUT2D eigenvalue weighted by Gasteiger charge is -2.18. The number of hydrogen-bond acceptors (Lipinski definition) is 5. The number of nitrogens with one attached hydrogen (secondary N) is 2. The number of fused-ring (bicyclic) bond motifs is 2. The minimum absolute atomic E-state index is 0.0222. The predicted molar refractivity (Wildman–Crippen MR) is 125 cm³/mol. The maximum Gasteiger partial charge on any atom is 0.270 e. The van der Waals surface area contributed by atoms with E-state index >= 15 is 0 Å². The van der Waals surface area contributed by atoms with Crippen LogP contribution in [0.5, 0.6) is 0 Å². The summed E-state index contributed by atoms with van der Waals surface area (Å²) in [4.78, 5) is 29.9. The first-order valence-corrected chi connectivity index (χ1v) is 10.8. The largest absolute Gasteiger partial charge is 0.358 e. The van der Waals surface area contributed by atoms with Crippen LogP contribution in [0.4, 0.5) is 11.4 Å². The van der Waals surface area contributed by atoms with Gasteiger partial charge in [-0.3, -0.25) is 20.2 Å². The summed E-state index contributed by atoms with van der Waals surface area (Å²) in [6.07, 6.45) is 0. The molecule has 0 atom stereocenters. The molecule has 0 aliphatic rings. The van der Waals surface area contributed by atoms with Crippen molar-refractivity contribution in [3.05, 3.63) is 102 Å². The van der Waals surface area contributed by atoms with Gasteiger partial charge in [-0.15, -0.1) is 11.3 Å². The molecule has 3 aromatic heterocycles. The molecule has 0 fully saturated rings. The molecule has 0 bridgehead atoms. The number of aromatic nitrogens is 2. The molecule has 0 amide bonds. The zero-order chi connectivity index (χ0) is 22.6. The number of non-ortho nitro benzene ring substituents is 2. The van der Waals surface area contributed by atoms with Gasteiger partial charge in [0.25, 0.3) is 11.4 Å². The van der Waals surface area contributed by atoms with Crippen LogP contribution in [-0.2, 0) is 0 Å². The van der Waals surface area contributed by atoms with Crippen LogP contribution in [0.25, 0.3) is 21.8 Å². The fourth-order valence-corrected chi connectivity index (χ4v) is 5.37. The second kappa shape index (κ2) is 7.31. The molecule has 160 valence electrons. The van der Waals surface area contributed by atoms with Gasteiger partial charge in [-0.05, 0) is 48.6 Å². The van der Waals surface area contributed by atoms with Gasteiger partial charge in [-0.25, -0.2) is 0 Å². The number of rotatable bonds is 5. The molecule has 0 radical (unpaired) electrons. The molecular formula is C23H18N4O4S. The SMILES string of the molecule is Cc1[nH]c2ccc([N+](=O)[O-])cc2c1C(c1cccs1)c1c(C)[nH]c2ccc([N+](=O)[O-])cc12. The highest BCUT2D eigenvalue weighted by molar-refractivity contribution is 7.10. The van der Waals surface area contributed by atoms with Crippen molar-refractivity contribution in [2.75, 3.05) is 0 Å². The van der Waals surface area contributed by atoms with E-state index in [0.717, 1.165) is 49.2 Å². The van der Waals surface area contributed by atoms with Gasteiger partial charge in [-0.1, -0.05) is 6.07 Å². The van der Waals surface area contributed by atoms with Crippen molar-refractivity contribution < 1.29 is 9.85 Å². The van der Waals surface area contributed by atoms with E-state index in [1.807, 2.05) is 31.4 Å². The average molecular weight is 446 g/mol. The Balaban J connectivity index is 1.86. The van der Waals surface area contributed by atoms with Gasteiger partial charge < -0.3 is 9.97 Å². The van der Waals surface area contributed by atoms with Gasteiger partial charge in [0.2, 0.25) is 0 Å². The van der Waals surface area contributed by atoms with Gasteiger partial charge >= 0.3 is 0 Å². The summed E-state index contributed by atoms with van der Waals surface area (Å²) >= 11 is 1.59. The van der Waals surface area contributed by atoms with E-state index in [9.17, 15) is 20.2 Å². The Hall–Kier alpha value is -3.98. The summed E-state index contributed by atoms with van der Waals surface area (Å²) in [6.45, 7) is 3.91. The van der Waals surface area contributed by atoms with Crippen molar-refractivity contribution in [1.29, 1.82) is 0 Å². The van der Waals surface area contributed by atoms with E-state index in [4.69, 9.17) is 0 Å². The number of nitro groups is 2. The first-order valence-electron chi connectivity index (χ1n) is 9.91. The second-order valence-corrected chi connectivity index (χ2v) is 8.73. The van der Waals surface area contributed by atoms with E-state index in [1.54, 1.807) is 35.6 Å². The smallest absolute Gasteiger partial charge is 0.270 e. The summed E-state index contributed by atoms with van der Waals surface area (Å²) in [5, 5.41) is 26.4. The number of aryl methyl sites for hydroxylation is 2. The average Bonchev–Trinajstić information content (AvgIpc) is 3.46. The van der Waals surface area contributed by atoms with Crippen LogP contribution in [0.3, 0.4) is 0 Å². The molecule has 3 heterocycles. The Morgan fingerprint density at radius 3 is 1.72 bits per heavy atom. The lowest BCUT2D eigenvalue weighted by Crippen LogP contribution is -2.04. The minimum Gasteiger partial charge on any atom is -0.358 e. The van der Waals surface area contributed by atoms with Gasteiger partial charge in [-0.2, -0.15) is 0 Å². The minimum atomic E-state index is -0.397. The van der Waals surface area contributed by atoms with Crippen LogP contribution < -0.4 is 0 Å². The second-order valence-electron chi connectivity index (χ2n) is 7.75. The molecule has 0 unspecified atom stereocenters. The first kappa shape index (κ1) is 20.0. The molecule has 0 saturated heterocycles. The number of nitrogens with zero attached hydrogens (tertiary/aromatic N) is 2. The zero-order valence-electron chi connectivity index (χ0n) is 17.2. The normalized spacial score (nSPS) is 11.6. The number of thiophene rings is 1. The Labute approximate surface area is 185 Å². The third-order valence-corrected chi connectivity index (χ3v) is 6.80. The molecule has 5 rings (SSSR count). The van der Waals surface area contributed by atoms with Gasteiger partial charge in [0, 0.05) is 68.3 Å². The highest BCUT2D eigenvalue weighted by atomic mass is 32.1. The third kappa shape index (κ3) is 3.05. The van der Waals surface area contributed by atoms with E-state index in [2.05, 4.69) is 9.97 Å². The Kier molecular flexibility index (Phi) is 4.56. The lowest BCUT2D eigenvalue weighted by atomic mass is 9.86. The summed E-state index contributed by atoms with van der Waals surface area (Å²) in [7, 11) is 0. The van der Waals surface area contributed by atoms with Gasteiger partial charge in [0.1, 0.15) is 0 Å². The topological polar surface area (TPSA) is 118 Å². The summed E-state index contributed by atoms with van der Waals surface area (Å²) in [5.41, 5.74) is 5.34. The number of H-pyrrole nitrogens is 2. The van der Waals surface area contributed by atoms with Crippen LogP contribution >= 0.6 is 11.3 Å². The van der Waals surface area contributed by atoms with Crippen molar-refractivity contribution in [1.82, 2.24) is 9.97 Å². The third-order valence-electron chi connectivity index (χ3n) is 5.87. The molecule has 0 spiro atoms. The summed E-state index contributed by atoms with van der Waals surface area (Å²) < 4.78 is 0. The molecule has 0 aliphatic heterocycles. The van der Waals surface area contributed by atoms with Crippen molar-refractivity contribution >= 4 is 44.5 Å². The monoisotopic (exact) mass is 446 g/mol. The van der Waals surface area contributed by atoms with E-state index in [-0.39, 0.29) is 17.3 Å². The molecule has 0 saturated carbocycles. The standard InChI is InChI=1S/C23H18N4O4S/c1-12-21(16-10-14(26(28)29)5-7-18(16)24-12)23(20-4-3-9-32-20)22-13(2)25-19-8-6-15(27(30)31)11-17(19)22/h3-11,23-25H,1-2H3. The molecule has 9 heteroatoms. The van der Waals surface area contributed by atoms with Crippen LogP contribution in [-0.4, -0.2) is 19.8 Å². The molecule has 0 aliphatic carbocycles. The maximum atomic E-state index is 11.4. The first-order chi connectivity index (χ1) is 15.3. The van der Waals surface area contributed by atoms with Crippen molar-refractivity contribution in [3.8, 4) is 0 Å². The summed E-state index contributed by atoms with van der Waals surface area (Å²) in [6, 6.07) is 13.6.